The van der Waals surface area contributed by atoms with E-state index in [1.165, 1.54) is 0 Å². The van der Waals surface area contributed by atoms with Gasteiger partial charge in [0.25, 0.3) is 5.69 Å². The van der Waals surface area contributed by atoms with Crippen LogP contribution in [0.1, 0.15) is 18.9 Å². The number of anilines is 1. The zero-order valence-electron chi connectivity index (χ0n) is 9.90. The smallest absolute Gasteiger partial charge is 0.274 e. The van der Waals surface area contributed by atoms with Crippen molar-refractivity contribution in [2.24, 2.45) is 0 Å². The van der Waals surface area contributed by atoms with Gasteiger partial charge in [-0.25, -0.2) is 0 Å². The molecule has 1 aromatic rings. The minimum absolute atomic E-state index is 0.212. The highest BCUT2D eigenvalue weighted by molar-refractivity contribution is 5.55. The summed E-state index contributed by atoms with van der Waals surface area (Å²) in [6.45, 7) is 3.85. The minimum Gasteiger partial charge on any atom is -0.381 e. The number of nitrogens with zero attached hydrogens (tertiary/aromatic N) is 1. The molecule has 5 heteroatoms. The molecule has 1 saturated heterocycles. The van der Waals surface area contributed by atoms with E-state index in [0.717, 1.165) is 30.8 Å². The van der Waals surface area contributed by atoms with Gasteiger partial charge in [-0.2, -0.15) is 0 Å². The van der Waals surface area contributed by atoms with Crippen LogP contribution in [-0.2, 0) is 6.42 Å². The third kappa shape index (κ3) is 2.74. The van der Waals surface area contributed by atoms with E-state index in [-0.39, 0.29) is 10.6 Å². The quantitative estimate of drug-likeness (QED) is 0.618. The number of nitrogens with one attached hydrogen (secondary N) is 2. The van der Waals surface area contributed by atoms with E-state index in [4.69, 9.17) is 0 Å². The summed E-state index contributed by atoms with van der Waals surface area (Å²) in [4.78, 5) is 10.6. The van der Waals surface area contributed by atoms with Crippen LogP contribution in [0.15, 0.2) is 18.2 Å². The summed E-state index contributed by atoms with van der Waals surface area (Å²) in [5.41, 5.74) is 1.83. The lowest BCUT2D eigenvalue weighted by atomic mass is 10.1. The van der Waals surface area contributed by atoms with E-state index in [1.807, 2.05) is 19.1 Å². The number of hydrogen-bond donors (Lipinski definition) is 2. The lowest BCUT2D eigenvalue weighted by molar-refractivity contribution is -0.385. The molecule has 1 aromatic carbocycles. The number of nitro benzene ring substituents is 1. The van der Waals surface area contributed by atoms with Crippen molar-refractivity contribution in [1.82, 2.24) is 5.32 Å². The highest BCUT2D eigenvalue weighted by Crippen LogP contribution is 2.24. The molecule has 1 heterocycles. The van der Waals surface area contributed by atoms with E-state index in [2.05, 4.69) is 10.6 Å². The van der Waals surface area contributed by atoms with Crippen molar-refractivity contribution >= 4 is 11.4 Å². The summed E-state index contributed by atoms with van der Waals surface area (Å²) < 4.78 is 0. The van der Waals surface area contributed by atoms with E-state index in [0.29, 0.717) is 12.5 Å². The summed E-state index contributed by atoms with van der Waals surface area (Å²) in [5.74, 6) is 0. The van der Waals surface area contributed by atoms with E-state index >= 15 is 0 Å². The van der Waals surface area contributed by atoms with Gasteiger partial charge in [-0.3, -0.25) is 10.1 Å². The van der Waals surface area contributed by atoms with Crippen molar-refractivity contribution < 1.29 is 4.92 Å². The standard InChI is InChI=1S/C12H17N3O2/c1-2-9-3-4-10(7-12(9)15(16)17)14-11-5-6-13-8-11/h3-4,7,11,13-14H,2,5-6,8H2,1H3. The summed E-state index contributed by atoms with van der Waals surface area (Å²) in [6, 6.07) is 5.77. The molecule has 5 nitrogen and oxygen atoms in total. The second-order valence-corrected chi connectivity index (χ2v) is 4.29. The molecule has 92 valence electrons. The van der Waals surface area contributed by atoms with Gasteiger partial charge < -0.3 is 10.6 Å². The third-order valence-electron chi connectivity index (χ3n) is 3.09. The summed E-state index contributed by atoms with van der Waals surface area (Å²) in [7, 11) is 0. The zero-order valence-corrected chi connectivity index (χ0v) is 9.90. The van der Waals surface area contributed by atoms with Crippen molar-refractivity contribution in [3.63, 3.8) is 0 Å². The highest BCUT2D eigenvalue weighted by atomic mass is 16.6. The Morgan fingerprint density at radius 2 is 2.41 bits per heavy atom. The Hall–Kier alpha value is -1.62. The predicted molar refractivity (Wildman–Crippen MR) is 67.4 cm³/mol. The Morgan fingerprint density at radius 3 is 3.00 bits per heavy atom. The summed E-state index contributed by atoms with van der Waals surface area (Å²) in [6.07, 6.45) is 1.74. The average molecular weight is 235 g/mol. The van der Waals surface area contributed by atoms with Crippen LogP contribution in [0, 0.1) is 10.1 Å². The molecule has 1 aliphatic rings. The monoisotopic (exact) mass is 235 g/mol. The fourth-order valence-electron chi connectivity index (χ4n) is 2.14. The van der Waals surface area contributed by atoms with Crippen molar-refractivity contribution in [2.45, 2.75) is 25.8 Å². The van der Waals surface area contributed by atoms with E-state index in [1.54, 1.807) is 6.07 Å². The lowest BCUT2D eigenvalue weighted by Crippen LogP contribution is -2.22. The Morgan fingerprint density at radius 1 is 1.59 bits per heavy atom. The van der Waals surface area contributed by atoms with Gasteiger partial charge in [-0.05, 0) is 25.5 Å². The Balaban J connectivity index is 2.17. The van der Waals surface area contributed by atoms with Crippen LogP contribution < -0.4 is 10.6 Å². The van der Waals surface area contributed by atoms with Crippen LogP contribution in [-0.4, -0.2) is 24.1 Å². The summed E-state index contributed by atoms with van der Waals surface area (Å²) >= 11 is 0. The zero-order chi connectivity index (χ0) is 12.3. The summed E-state index contributed by atoms with van der Waals surface area (Å²) in [5, 5.41) is 17.5. The van der Waals surface area contributed by atoms with Gasteiger partial charge in [0, 0.05) is 29.9 Å². The SMILES string of the molecule is CCc1ccc(NC2CCNC2)cc1[N+](=O)[O-]. The van der Waals surface area contributed by atoms with Gasteiger partial charge >= 0.3 is 0 Å². The second-order valence-electron chi connectivity index (χ2n) is 4.29. The molecular formula is C12H17N3O2. The number of hydrogen-bond acceptors (Lipinski definition) is 4. The molecule has 0 bridgehead atoms. The molecule has 1 fully saturated rings. The number of benzene rings is 1. The van der Waals surface area contributed by atoms with Gasteiger partial charge in [-0.15, -0.1) is 0 Å². The molecule has 0 spiro atoms. The normalized spacial score (nSPS) is 19.2. The topological polar surface area (TPSA) is 67.2 Å². The fraction of sp³-hybridized carbons (Fsp3) is 0.500. The highest BCUT2D eigenvalue weighted by Gasteiger charge is 2.17. The molecule has 0 amide bonds. The second kappa shape index (κ2) is 5.14. The lowest BCUT2D eigenvalue weighted by Gasteiger charge is -2.13. The average Bonchev–Trinajstić information content (AvgIpc) is 2.81. The first-order valence-corrected chi connectivity index (χ1v) is 5.95. The number of rotatable bonds is 4. The van der Waals surface area contributed by atoms with Crippen LogP contribution in [0.2, 0.25) is 0 Å². The van der Waals surface area contributed by atoms with Gasteiger partial charge in [0.15, 0.2) is 0 Å². The Kier molecular flexibility index (Phi) is 3.58. The first-order chi connectivity index (χ1) is 8.20. The van der Waals surface area contributed by atoms with Crippen LogP contribution in [0.25, 0.3) is 0 Å². The first-order valence-electron chi connectivity index (χ1n) is 5.95. The molecule has 0 radical (unpaired) electrons. The van der Waals surface area contributed by atoms with Gasteiger partial charge in [-0.1, -0.05) is 13.0 Å². The van der Waals surface area contributed by atoms with E-state index < -0.39 is 0 Å². The van der Waals surface area contributed by atoms with Crippen molar-refractivity contribution in [3.8, 4) is 0 Å². The Bertz CT molecular complexity index is 414. The number of aryl methyl sites for hydroxylation is 1. The molecule has 0 aromatic heterocycles. The van der Waals surface area contributed by atoms with Crippen LogP contribution >= 0.6 is 0 Å². The van der Waals surface area contributed by atoms with Gasteiger partial charge in [0.1, 0.15) is 0 Å². The molecule has 2 N–H and O–H groups in total. The fourth-order valence-corrected chi connectivity index (χ4v) is 2.14. The Labute approximate surface area is 100 Å². The first kappa shape index (κ1) is 11.9. The maximum Gasteiger partial charge on any atom is 0.274 e. The molecule has 1 unspecified atom stereocenters. The maximum atomic E-state index is 10.9. The van der Waals surface area contributed by atoms with Crippen molar-refractivity contribution in [3.05, 3.63) is 33.9 Å². The molecule has 2 rings (SSSR count). The number of nitro groups is 1. The van der Waals surface area contributed by atoms with Crippen LogP contribution in [0.3, 0.4) is 0 Å². The van der Waals surface area contributed by atoms with Crippen molar-refractivity contribution in [1.29, 1.82) is 0 Å². The van der Waals surface area contributed by atoms with Crippen molar-refractivity contribution in [2.75, 3.05) is 18.4 Å². The third-order valence-corrected chi connectivity index (χ3v) is 3.09. The largest absolute Gasteiger partial charge is 0.381 e. The van der Waals surface area contributed by atoms with Gasteiger partial charge in [0.05, 0.1) is 4.92 Å². The van der Waals surface area contributed by atoms with E-state index in [9.17, 15) is 10.1 Å². The molecular weight excluding hydrogens is 218 g/mol. The molecule has 0 saturated carbocycles. The van der Waals surface area contributed by atoms with Gasteiger partial charge in [0.2, 0.25) is 0 Å². The predicted octanol–water partition coefficient (Wildman–Crippen LogP) is 1.93. The molecule has 17 heavy (non-hydrogen) atoms. The van der Waals surface area contributed by atoms with Crippen LogP contribution in [0.4, 0.5) is 11.4 Å². The molecule has 1 atom stereocenters. The minimum atomic E-state index is -0.309. The maximum absolute atomic E-state index is 10.9. The molecule has 0 aliphatic carbocycles. The van der Waals surface area contributed by atoms with Crippen LogP contribution in [0.5, 0.6) is 0 Å². The molecule has 1 aliphatic heterocycles.